The van der Waals surface area contributed by atoms with Gasteiger partial charge < -0.3 is 10.2 Å². The lowest BCUT2D eigenvalue weighted by atomic mass is 10.1. The Bertz CT molecular complexity index is 1190. The Balaban J connectivity index is 1.08. The molecule has 2 aliphatic heterocycles. The third-order valence-electron chi connectivity index (χ3n) is 6.65. The molecule has 0 radical (unpaired) electrons. The molecule has 0 atom stereocenters. The molecule has 0 unspecified atom stereocenters. The zero-order valence-corrected chi connectivity index (χ0v) is 19.6. The highest BCUT2D eigenvalue weighted by molar-refractivity contribution is 5.95. The summed E-state index contributed by atoms with van der Waals surface area (Å²) in [6.45, 7) is 5.53. The van der Waals surface area contributed by atoms with Crippen molar-refractivity contribution < 1.29 is 14.0 Å². The topological polar surface area (TPSA) is 73.7 Å². The van der Waals surface area contributed by atoms with E-state index in [4.69, 9.17) is 0 Å². The van der Waals surface area contributed by atoms with Crippen LogP contribution >= 0.6 is 0 Å². The van der Waals surface area contributed by atoms with Crippen molar-refractivity contribution in [2.75, 3.05) is 49.1 Å². The second kappa shape index (κ2) is 10.3. The number of hydrogen-bond acceptors (Lipinski definition) is 5. The van der Waals surface area contributed by atoms with Crippen LogP contribution in [0.4, 0.5) is 15.9 Å². The maximum atomic E-state index is 14.0. The lowest BCUT2D eigenvalue weighted by Gasteiger charge is -2.36. The number of halogens is 1. The first kappa shape index (κ1) is 23.0. The summed E-state index contributed by atoms with van der Waals surface area (Å²) in [5, 5.41) is 7.24. The lowest BCUT2D eigenvalue weighted by molar-refractivity contribution is -0.119. The molecule has 35 heavy (non-hydrogen) atoms. The first-order valence-electron chi connectivity index (χ1n) is 12.0. The molecule has 1 N–H and O–H groups in total. The van der Waals surface area contributed by atoms with E-state index in [-0.39, 0.29) is 17.6 Å². The molecular weight excluding hydrogens is 447 g/mol. The number of rotatable bonds is 7. The third-order valence-corrected chi connectivity index (χ3v) is 6.65. The van der Waals surface area contributed by atoms with Gasteiger partial charge in [0.15, 0.2) is 0 Å². The van der Waals surface area contributed by atoms with Gasteiger partial charge in [-0.2, -0.15) is 5.10 Å². The Morgan fingerprint density at radius 2 is 1.74 bits per heavy atom. The van der Waals surface area contributed by atoms with Gasteiger partial charge in [-0.1, -0.05) is 24.3 Å². The highest BCUT2D eigenvalue weighted by Gasteiger charge is 2.24. The molecule has 3 aromatic rings. The molecule has 3 heterocycles. The molecule has 8 nitrogen and oxygen atoms in total. The second-order valence-electron chi connectivity index (χ2n) is 8.88. The smallest absolute Gasteiger partial charge is 0.251 e. The molecule has 1 saturated heterocycles. The van der Waals surface area contributed by atoms with Crippen molar-refractivity contribution >= 4 is 23.3 Å². The van der Waals surface area contributed by atoms with Gasteiger partial charge >= 0.3 is 0 Å². The van der Waals surface area contributed by atoms with Gasteiger partial charge in [0.25, 0.3) is 5.91 Å². The van der Waals surface area contributed by atoms with Gasteiger partial charge in [0, 0.05) is 57.3 Å². The SMILES string of the molecule is O=C(NCCN1CCN(c2ccccc2F)CC1)c1ccc(CN2C(=O)CCn3nccc32)cc1. The molecule has 9 heteroatoms. The minimum absolute atomic E-state index is 0.0783. The number of piperazine rings is 1. The molecule has 5 rings (SSSR count). The van der Waals surface area contributed by atoms with Crippen molar-refractivity contribution in [3.63, 3.8) is 0 Å². The van der Waals surface area contributed by atoms with E-state index < -0.39 is 0 Å². The quantitative estimate of drug-likeness (QED) is 0.567. The molecule has 0 saturated carbocycles. The zero-order chi connectivity index (χ0) is 24.2. The molecule has 2 aliphatic rings. The Kier molecular flexibility index (Phi) is 6.76. The summed E-state index contributed by atoms with van der Waals surface area (Å²) in [5.74, 6) is 0.578. The summed E-state index contributed by atoms with van der Waals surface area (Å²) in [5.41, 5.74) is 2.20. The van der Waals surface area contributed by atoms with Gasteiger partial charge in [-0.05, 0) is 29.8 Å². The number of nitrogens with one attached hydrogen (secondary N) is 1. The van der Waals surface area contributed by atoms with E-state index in [1.54, 1.807) is 29.3 Å². The second-order valence-corrected chi connectivity index (χ2v) is 8.88. The Morgan fingerprint density at radius 1 is 0.971 bits per heavy atom. The Hall–Kier alpha value is -3.72. The standard InChI is InChI=1S/C26H29FN6O2/c27-22-3-1-2-4-23(22)31-17-15-30(16-18-31)14-12-28-26(35)21-7-5-20(6-8-21)19-32-24-9-11-29-33(24)13-10-25(32)34/h1-9,11H,10,12-19H2,(H,28,35). The molecule has 2 aromatic carbocycles. The van der Waals surface area contributed by atoms with E-state index >= 15 is 0 Å². The Labute approximate surface area is 203 Å². The van der Waals surface area contributed by atoms with Crippen LogP contribution in [-0.2, 0) is 17.9 Å². The molecular formula is C26H29FN6O2. The van der Waals surface area contributed by atoms with E-state index in [0.29, 0.717) is 37.3 Å². The summed E-state index contributed by atoms with van der Waals surface area (Å²) in [6.07, 6.45) is 2.14. The van der Waals surface area contributed by atoms with Crippen molar-refractivity contribution in [2.45, 2.75) is 19.5 Å². The average Bonchev–Trinajstić information content (AvgIpc) is 3.36. The number of aromatic nitrogens is 2. The largest absolute Gasteiger partial charge is 0.367 e. The summed E-state index contributed by atoms with van der Waals surface area (Å²) in [7, 11) is 0. The first-order chi connectivity index (χ1) is 17.1. The number of nitrogens with zero attached hydrogens (tertiary/aromatic N) is 5. The normalized spacial score (nSPS) is 16.3. The van der Waals surface area contributed by atoms with Gasteiger partial charge in [-0.25, -0.2) is 9.07 Å². The van der Waals surface area contributed by atoms with Gasteiger partial charge in [0.2, 0.25) is 5.91 Å². The van der Waals surface area contributed by atoms with Crippen LogP contribution in [0.2, 0.25) is 0 Å². The number of fused-ring (bicyclic) bond motifs is 1. The summed E-state index contributed by atoms with van der Waals surface area (Å²) >= 11 is 0. The summed E-state index contributed by atoms with van der Waals surface area (Å²) < 4.78 is 15.8. The molecule has 1 fully saturated rings. The highest BCUT2D eigenvalue weighted by atomic mass is 19.1. The molecule has 1 aromatic heterocycles. The molecule has 182 valence electrons. The predicted molar refractivity (Wildman–Crippen MR) is 132 cm³/mol. The van der Waals surface area contributed by atoms with Gasteiger partial charge in [0.05, 0.1) is 25.0 Å². The van der Waals surface area contributed by atoms with Gasteiger partial charge in [-0.15, -0.1) is 0 Å². The van der Waals surface area contributed by atoms with E-state index in [0.717, 1.165) is 44.1 Å². The third kappa shape index (κ3) is 5.19. The van der Waals surface area contributed by atoms with Crippen molar-refractivity contribution in [1.82, 2.24) is 20.0 Å². The number of para-hydroxylation sites is 1. The summed E-state index contributed by atoms with van der Waals surface area (Å²) in [6, 6.07) is 16.1. The van der Waals surface area contributed by atoms with Crippen LogP contribution in [0.3, 0.4) is 0 Å². The number of carbonyl (C=O) groups is 2. The first-order valence-corrected chi connectivity index (χ1v) is 12.0. The number of amides is 2. The number of carbonyl (C=O) groups excluding carboxylic acids is 2. The maximum Gasteiger partial charge on any atom is 0.251 e. The van der Waals surface area contributed by atoms with Crippen LogP contribution in [0.5, 0.6) is 0 Å². The van der Waals surface area contributed by atoms with Crippen LogP contribution in [-0.4, -0.2) is 65.8 Å². The predicted octanol–water partition coefficient (Wildman–Crippen LogP) is 2.51. The van der Waals surface area contributed by atoms with E-state index in [1.165, 1.54) is 6.07 Å². The fraction of sp³-hybridized carbons (Fsp3) is 0.346. The maximum absolute atomic E-state index is 14.0. The minimum Gasteiger partial charge on any atom is -0.367 e. The monoisotopic (exact) mass is 476 g/mol. The fourth-order valence-corrected chi connectivity index (χ4v) is 4.65. The van der Waals surface area contributed by atoms with Crippen LogP contribution < -0.4 is 15.1 Å². The van der Waals surface area contributed by atoms with Crippen LogP contribution in [0, 0.1) is 5.82 Å². The van der Waals surface area contributed by atoms with Crippen LogP contribution in [0.15, 0.2) is 60.8 Å². The lowest BCUT2D eigenvalue weighted by Crippen LogP contribution is -2.48. The number of hydrogen-bond donors (Lipinski definition) is 1. The molecule has 2 amide bonds. The highest BCUT2D eigenvalue weighted by Crippen LogP contribution is 2.23. The Morgan fingerprint density at radius 3 is 2.51 bits per heavy atom. The summed E-state index contributed by atoms with van der Waals surface area (Å²) in [4.78, 5) is 31.1. The van der Waals surface area contributed by atoms with Crippen molar-refractivity contribution in [3.05, 3.63) is 77.7 Å². The molecule has 0 bridgehead atoms. The van der Waals surface area contributed by atoms with Crippen molar-refractivity contribution in [1.29, 1.82) is 0 Å². The molecule has 0 aliphatic carbocycles. The van der Waals surface area contributed by atoms with Gasteiger partial charge in [0.1, 0.15) is 11.6 Å². The number of aryl methyl sites for hydroxylation is 1. The van der Waals surface area contributed by atoms with E-state index in [1.807, 2.05) is 35.0 Å². The average molecular weight is 477 g/mol. The van der Waals surface area contributed by atoms with E-state index in [9.17, 15) is 14.0 Å². The zero-order valence-electron chi connectivity index (χ0n) is 19.6. The number of benzene rings is 2. The van der Waals surface area contributed by atoms with E-state index in [2.05, 4.69) is 20.2 Å². The fourth-order valence-electron chi connectivity index (χ4n) is 4.65. The van der Waals surface area contributed by atoms with Crippen molar-refractivity contribution in [2.24, 2.45) is 0 Å². The van der Waals surface area contributed by atoms with Crippen LogP contribution in [0.1, 0.15) is 22.3 Å². The van der Waals surface area contributed by atoms with Crippen LogP contribution in [0.25, 0.3) is 0 Å². The molecule has 0 spiro atoms. The number of anilines is 2. The van der Waals surface area contributed by atoms with Crippen molar-refractivity contribution in [3.8, 4) is 0 Å². The van der Waals surface area contributed by atoms with Gasteiger partial charge in [-0.3, -0.25) is 19.4 Å². The minimum atomic E-state index is -0.187.